The summed E-state index contributed by atoms with van der Waals surface area (Å²) in [6.07, 6.45) is 3.67. The molecule has 2 aromatic carbocycles. The van der Waals surface area contributed by atoms with Gasteiger partial charge in [0.15, 0.2) is 5.82 Å². The Kier molecular flexibility index (Phi) is 7.29. The summed E-state index contributed by atoms with van der Waals surface area (Å²) in [5.41, 5.74) is 4.09. The zero-order valence-corrected chi connectivity index (χ0v) is 19.1. The number of carbonyl (C=O) groups is 1. The topological polar surface area (TPSA) is 85.8 Å². The van der Waals surface area contributed by atoms with Crippen LogP contribution in [0.1, 0.15) is 55.4 Å². The van der Waals surface area contributed by atoms with Crippen molar-refractivity contribution in [2.75, 3.05) is 0 Å². The van der Waals surface area contributed by atoms with E-state index in [4.69, 9.17) is 9.62 Å². The van der Waals surface area contributed by atoms with E-state index >= 15 is 0 Å². The summed E-state index contributed by atoms with van der Waals surface area (Å²) in [4.78, 5) is 16.8. The molecular formula is C26H29N5O2. The molecule has 0 saturated carbocycles. The molecular weight excluding hydrogens is 414 g/mol. The first-order valence-electron chi connectivity index (χ1n) is 11.3. The van der Waals surface area contributed by atoms with E-state index in [0.29, 0.717) is 44.1 Å². The van der Waals surface area contributed by atoms with Gasteiger partial charge in [-0.3, -0.25) is 9.48 Å². The van der Waals surface area contributed by atoms with E-state index in [9.17, 15) is 4.79 Å². The standard InChI is InChI=1S/C26H29N5O2/c1-19(2)26-28-24(33-30-26)15-9-14-23(32)27-16-22-18-31(17-20-10-5-3-6-11-20)29-25(22)21-12-7-4-8-13-21/h3-8,10-13,18-19H,9,14-17H2,1-2H3,(H,27,32). The van der Waals surface area contributed by atoms with Crippen LogP contribution in [-0.4, -0.2) is 25.8 Å². The lowest BCUT2D eigenvalue weighted by molar-refractivity contribution is -0.121. The molecule has 170 valence electrons. The number of aryl methyl sites for hydroxylation is 1. The van der Waals surface area contributed by atoms with Gasteiger partial charge < -0.3 is 9.84 Å². The molecule has 4 aromatic rings. The maximum absolute atomic E-state index is 12.5. The average Bonchev–Trinajstić information content (AvgIpc) is 3.46. The van der Waals surface area contributed by atoms with Crippen LogP contribution in [-0.2, 0) is 24.3 Å². The van der Waals surface area contributed by atoms with Gasteiger partial charge in [-0.2, -0.15) is 10.1 Å². The van der Waals surface area contributed by atoms with Crippen molar-refractivity contribution in [2.24, 2.45) is 0 Å². The van der Waals surface area contributed by atoms with E-state index in [-0.39, 0.29) is 11.8 Å². The minimum absolute atomic E-state index is 0.00609. The van der Waals surface area contributed by atoms with Gasteiger partial charge in [-0.05, 0) is 12.0 Å². The van der Waals surface area contributed by atoms with Gasteiger partial charge in [0.25, 0.3) is 0 Å². The van der Waals surface area contributed by atoms with E-state index in [1.54, 1.807) is 0 Å². The first-order valence-corrected chi connectivity index (χ1v) is 11.3. The average molecular weight is 444 g/mol. The van der Waals surface area contributed by atoms with Gasteiger partial charge in [0.05, 0.1) is 12.2 Å². The van der Waals surface area contributed by atoms with Crippen molar-refractivity contribution in [3.63, 3.8) is 0 Å². The normalized spacial score (nSPS) is 11.1. The summed E-state index contributed by atoms with van der Waals surface area (Å²) in [5.74, 6) is 1.51. The molecule has 0 aliphatic rings. The summed E-state index contributed by atoms with van der Waals surface area (Å²) in [6, 6.07) is 20.3. The SMILES string of the molecule is CC(C)c1noc(CCCC(=O)NCc2cn(Cc3ccccc3)nc2-c2ccccc2)n1. The molecule has 2 heterocycles. The summed E-state index contributed by atoms with van der Waals surface area (Å²) < 4.78 is 7.18. The Bertz CT molecular complexity index is 1170. The molecule has 33 heavy (non-hydrogen) atoms. The number of carbonyl (C=O) groups excluding carboxylic acids is 1. The van der Waals surface area contributed by atoms with Gasteiger partial charge in [-0.25, -0.2) is 0 Å². The van der Waals surface area contributed by atoms with Gasteiger partial charge >= 0.3 is 0 Å². The first kappa shape index (κ1) is 22.5. The van der Waals surface area contributed by atoms with E-state index in [1.165, 1.54) is 5.56 Å². The number of nitrogens with zero attached hydrogens (tertiary/aromatic N) is 4. The molecule has 1 amide bonds. The fraction of sp³-hybridized carbons (Fsp3) is 0.308. The Balaban J connectivity index is 1.37. The van der Waals surface area contributed by atoms with Crippen molar-refractivity contribution >= 4 is 5.91 Å². The molecule has 0 aliphatic heterocycles. The lowest BCUT2D eigenvalue weighted by Gasteiger charge is -2.05. The predicted molar refractivity (Wildman–Crippen MR) is 126 cm³/mol. The van der Waals surface area contributed by atoms with E-state index in [1.807, 2.05) is 73.3 Å². The molecule has 0 fully saturated rings. The van der Waals surface area contributed by atoms with Crippen LogP contribution in [0, 0.1) is 0 Å². The molecule has 1 N–H and O–H groups in total. The highest BCUT2D eigenvalue weighted by atomic mass is 16.5. The van der Waals surface area contributed by atoms with E-state index < -0.39 is 0 Å². The number of hydrogen-bond donors (Lipinski definition) is 1. The van der Waals surface area contributed by atoms with Crippen LogP contribution in [0.4, 0.5) is 0 Å². The summed E-state index contributed by atoms with van der Waals surface area (Å²) in [5, 5.41) is 11.8. The van der Waals surface area contributed by atoms with Gasteiger partial charge in [-0.1, -0.05) is 79.7 Å². The van der Waals surface area contributed by atoms with Crippen molar-refractivity contribution in [1.29, 1.82) is 0 Å². The quantitative estimate of drug-likeness (QED) is 0.382. The molecule has 0 aliphatic carbocycles. The fourth-order valence-corrected chi connectivity index (χ4v) is 3.57. The van der Waals surface area contributed by atoms with Crippen LogP contribution in [0.5, 0.6) is 0 Å². The molecule has 4 rings (SSSR count). The first-order chi connectivity index (χ1) is 16.1. The second kappa shape index (κ2) is 10.7. The third kappa shape index (κ3) is 6.16. The Labute approximate surface area is 193 Å². The van der Waals surface area contributed by atoms with Gasteiger partial charge in [-0.15, -0.1) is 0 Å². The number of aromatic nitrogens is 4. The number of amides is 1. The molecule has 0 atom stereocenters. The van der Waals surface area contributed by atoms with Crippen molar-refractivity contribution in [2.45, 2.75) is 52.1 Å². The Morgan fingerprint density at radius 3 is 2.48 bits per heavy atom. The Hall–Kier alpha value is -3.74. The number of benzene rings is 2. The van der Waals surface area contributed by atoms with Crippen molar-refractivity contribution < 1.29 is 9.32 Å². The lowest BCUT2D eigenvalue weighted by atomic mass is 10.1. The summed E-state index contributed by atoms with van der Waals surface area (Å²) in [7, 11) is 0. The predicted octanol–water partition coefficient (Wildman–Crippen LogP) is 4.74. The summed E-state index contributed by atoms with van der Waals surface area (Å²) >= 11 is 0. The zero-order chi connectivity index (χ0) is 23.0. The molecule has 0 spiro atoms. The van der Waals surface area contributed by atoms with Crippen molar-refractivity contribution in [1.82, 2.24) is 25.2 Å². The monoisotopic (exact) mass is 443 g/mol. The largest absolute Gasteiger partial charge is 0.352 e. The third-order valence-electron chi connectivity index (χ3n) is 5.34. The number of nitrogens with one attached hydrogen (secondary N) is 1. The number of rotatable bonds is 10. The van der Waals surface area contributed by atoms with Crippen LogP contribution >= 0.6 is 0 Å². The van der Waals surface area contributed by atoms with E-state index in [0.717, 1.165) is 16.8 Å². The maximum atomic E-state index is 12.5. The highest BCUT2D eigenvalue weighted by Gasteiger charge is 2.14. The minimum Gasteiger partial charge on any atom is -0.352 e. The molecule has 2 aromatic heterocycles. The van der Waals surface area contributed by atoms with Crippen LogP contribution in [0.2, 0.25) is 0 Å². The van der Waals surface area contributed by atoms with Crippen LogP contribution < -0.4 is 5.32 Å². The van der Waals surface area contributed by atoms with Gasteiger partial charge in [0, 0.05) is 42.6 Å². The molecule has 0 saturated heterocycles. The van der Waals surface area contributed by atoms with Gasteiger partial charge in [0.2, 0.25) is 11.8 Å². The van der Waals surface area contributed by atoms with Crippen molar-refractivity contribution in [3.8, 4) is 11.3 Å². The Morgan fingerprint density at radius 1 is 1.06 bits per heavy atom. The fourth-order valence-electron chi connectivity index (χ4n) is 3.57. The van der Waals surface area contributed by atoms with Crippen LogP contribution in [0.15, 0.2) is 71.4 Å². The van der Waals surface area contributed by atoms with Crippen LogP contribution in [0.25, 0.3) is 11.3 Å². The second-order valence-corrected chi connectivity index (χ2v) is 8.38. The lowest BCUT2D eigenvalue weighted by Crippen LogP contribution is -2.22. The van der Waals surface area contributed by atoms with Crippen LogP contribution in [0.3, 0.4) is 0 Å². The molecule has 7 heteroatoms. The highest BCUT2D eigenvalue weighted by Crippen LogP contribution is 2.22. The van der Waals surface area contributed by atoms with E-state index in [2.05, 4.69) is 27.6 Å². The van der Waals surface area contributed by atoms with Crippen molar-refractivity contribution in [3.05, 3.63) is 89.7 Å². The Morgan fingerprint density at radius 2 is 1.79 bits per heavy atom. The van der Waals surface area contributed by atoms with Gasteiger partial charge in [0.1, 0.15) is 0 Å². The third-order valence-corrected chi connectivity index (χ3v) is 5.34. The molecule has 7 nitrogen and oxygen atoms in total. The molecule has 0 unspecified atom stereocenters. The smallest absolute Gasteiger partial charge is 0.226 e. The second-order valence-electron chi connectivity index (χ2n) is 8.38. The number of hydrogen-bond acceptors (Lipinski definition) is 5. The minimum atomic E-state index is -0.00609. The molecule has 0 bridgehead atoms. The molecule has 0 radical (unpaired) electrons. The zero-order valence-electron chi connectivity index (χ0n) is 19.1. The maximum Gasteiger partial charge on any atom is 0.226 e. The summed E-state index contributed by atoms with van der Waals surface area (Å²) in [6.45, 7) is 5.15. The highest BCUT2D eigenvalue weighted by molar-refractivity contribution is 5.76.